The van der Waals surface area contributed by atoms with Crippen LogP contribution in [0, 0.1) is 23.7 Å². The van der Waals surface area contributed by atoms with Gasteiger partial charge < -0.3 is 19.9 Å². The fraction of sp³-hybridized carbons (Fsp3) is 0.655. The van der Waals surface area contributed by atoms with E-state index in [2.05, 4.69) is 19.2 Å². The van der Waals surface area contributed by atoms with Crippen molar-refractivity contribution in [2.45, 2.75) is 88.6 Å². The minimum absolute atomic E-state index is 0.191. The molecule has 2 bridgehead atoms. The van der Waals surface area contributed by atoms with Crippen LogP contribution >= 0.6 is 0 Å². The molecule has 7 atom stereocenters. The summed E-state index contributed by atoms with van der Waals surface area (Å²) in [5.74, 6) is 0.387. The first-order chi connectivity index (χ1) is 16.9. The first-order valence-corrected chi connectivity index (χ1v) is 13.4. The van der Waals surface area contributed by atoms with Crippen molar-refractivity contribution in [2.75, 3.05) is 6.61 Å². The smallest absolute Gasteiger partial charge is 0.331 e. The molecule has 2 saturated carbocycles. The number of hydrogen-bond acceptors (Lipinski definition) is 5. The molecule has 2 aliphatic carbocycles. The predicted octanol–water partition coefficient (Wildman–Crippen LogP) is 4.26. The van der Waals surface area contributed by atoms with E-state index in [0.717, 1.165) is 44.1 Å². The molecule has 2 heterocycles. The van der Waals surface area contributed by atoms with Crippen LogP contribution in [0.1, 0.15) is 70.8 Å². The van der Waals surface area contributed by atoms with Gasteiger partial charge in [-0.2, -0.15) is 0 Å². The zero-order chi connectivity index (χ0) is 24.6. The summed E-state index contributed by atoms with van der Waals surface area (Å²) in [7, 11) is 0. The van der Waals surface area contributed by atoms with E-state index in [1.807, 2.05) is 30.3 Å². The van der Waals surface area contributed by atoms with Gasteiger partial charge in [-0.3, -0.25) is 4.79 Å². The maximum atomic E-state index is 13.2. The zero-order valence-electron chi connectivity index (χ0n) is 20.9. The minimum atomic E-state index is -0.613. The van der Waals surface area contributed by atoms with Crippen LogP contribution in [0.3, 0.4) is 0 Å². The number of carbonyl (C=O) groups is 2. The normalized spacial score (nSPS) is 38.9. The Bertz CT molecular complexity index is 957. The van der Waals surface area contributed by atoms with Gasteiger partial charge in [0.15, 0.2) is 0 Å². The number of carbonyl (C=O) groups excluding carboxylic acids is 2. The van der Waals surface area contributed by atoms with Gasteiger partial charge in [0.05, 0.1) is 11.6 Å². The van der Waals surface area contributed by atoms with Crippen molar-refractivity contribution < 1.29 is 24.2 Å². The van der Waals surface area contributed by atoms with E-state index in [4.69, 9.17) is 9.47 Å². The van der Waals surface area contributed by atoms with E-state index in [0.29, 0.717) is 12.3 Å². The summed E-state index contributed by atoms with van der Waals surface area (Å²) in [4.78, 5) is 25.5. The van der Waals surface area contributed by atoms with Crippen molar-refractivity contribution in [3.8, 4) is 0 Å². The molecule has 190 valence electrons. The standard InChI is InChI=1S/C29H39NO5/c1-19-13-15-22-26(19)27(34-25(33)16-14-20-9-5-3-6-10-20)29(21-11-7-4-8-12-21)17-23(28(22,2)35-29)30-24(32)18-31/h3,5-6,9-10,14,16,19,21-23,26-27,31H,4,7-8,11-13,15,17-18H2,1-2H3,(H,30,32)/b16-14+/t19-,22?,23?,26?,27?,28?,29?/m1/s1. The average molecular weight is 482 g/mol. The summed E-state index contributed by atoms with van der Waals surface area (Å²) < 4.78 is 13.5. The van der Waals surface area contributed by atoms with Gasteiger partial charge >= 0.3 is 5.97 Å². The molecule has 4 fully saturated rings. The van der Waals surface area contributed by atoms with E-state index in [1.165, 1.54) is 12.5 Å². The van der Waals surface area contributed by atoms with Crippen molar-refractivity contribution in [3.63, 3.8) is 0 Å². The molecule has 0 radical (unpaired) electrons. The first kappa shape index (κ1) is 24.5. The summed E-state index contributed by atoms with van der Waals surface area (Å²) in [5.41, 5.74) is -0.183. The van der Waals surface area contributed by atoms with Crippen molar-refractivity contribution in [2.24, 2.45) is 23.7 Å². The van der Waals surface area contributed by atoms with Crippen LogP contribution in [-0.4, -0.2) is 46.9 Å². The van der Waals surface area contributed by atoms with E-state index in [-0.39, 0.29) is 41.8 Å². The highest BCUT2D eigenvalue weighted by Gasteiger charge is 2.72. The molecule has 1 aromatic rings. The molecule has 1 aromatic carbocycles. The third kappa shape index (κ3) is 4.33. The number of hydrogen-bond donors (Lipinski definition) is 2. The number of ether oxygens (including phenoxy) is 2. The van der Waals surface area contributed by atoms with E-state index >= 15 is 0 Å². The highest BCUT2D eigenvalue weighted by Crippen LogP contribution is 2.63. The number of aliphatic hydroxyl groups is 1. The Balaban J connectivity index is 1.50. The molecule has 2 aliphatic heterocycles. The van der Waals surface area contributed by atoms with Crippen molar-refractivity contribution in [1.82, 2.24) is 5.32 Å². The van der Waals surface area contributed by atoms with Gasteiger partial charge in [0, 0.05) is 18.4 Å². The number of fused-ring (bicyclic) bond motifs is 4. The lowest BCUT2D eigenvalue weighted by atomic mass is 9.66. The monoisotopic (exact) mass is 481 g/mol. The molecule has 0 spiro atoms. The van der Waals surface area contributed by atoms with Gasteiger partial charge in [0.2, 0.25) is 5.91 Å². The summed E-state index contributed by atoms with van der Waals surface area (Å²) in [6, 6.07) is 9.57. The topological polar surface area (TPSA) is 84.9 Å². The summed E-state index contributed by atoms with van der Waals surface area (Å²) in [6.07, 6.45) is 11.3. The zero-order valence-corrected chi connectivity index (χ0v) is 20.9. The maximum Gasteiger partial charge on any atom is 0.331 e. The molecule has 4 aliphatic rings. The van der Waals surface area contributed by atoms with E-state index < -0.39 is 17.8 Å². The van der Waals surface area contributed by atoms with Crippen molar-refractivity contribution >= 4 is 18.0 Å². The van der Waals surface area contributed by atoms with Crippen molar-refractivity contribution in [3.05, 3.63) is 42.0 Å². The largest absolute Gasteiger partial charge is 0.456 e. The molecule has 6 heteroatoms. The first-order valence-electron chi connectivity index (χ1n) is 13.4. The Hall–Kier alpha value is -2.18. The predicted molar refractivity (Wildman–Crippen MR) is 133 cm³/mol. The summed E-state index contributed by atoms with van der Waals surface area (Å²) in [6.45, 7) is 3.88. The van der Waals surface area contributed by atoms with Gasteiger partial charge in [-0.15, -0.1) is 0 Å². The fourth-order valence-electron chi connectivity index (χ4n) is 7.86. The number of rotatable bonds is 6. The Labute approximate surface area is 208 Å². The molecule has 2 N–H and O–H groups in total. The molecule has 35 heavy (non-hydrogen) atoms. The SMILES string of the molecule is C[C@@H]1CCC2C1C(OC(=O)/C=C/c1ccccc1)C1(C3CCCCC3)CC(NC(=O)CO)C2(C)O1. The third-order valence-corrected chi connectivity index (χ3v) is 9.48. The van der Waals surface area contributed by atoms with E-state index in [9.17, 15) is 14.7 Å². The molecule has 5 rings (SSSR count). The van der Waals surface area contributed by atoms with Crippen LogP contribution in [-0.2, 0) is 19.1 Å². The lowest BCUT2D eigenvalue weighted by Gasteiger charge is -2.54. The van der Waals surface area contributed by atoms with Gasteiger partial charge in [0.1, 0.15) is 18.3 Å². The van der Waals surface area contributed by atoms with Gasteiger partial charge in [-0.05, 0) is 62.0 Å². The van der Waals surface area contributed by atoms with Crippen molar-refractivity contribution in [1.29, 1.82) is 0 Å². The van der Waals surface area contributed by atoms with Crippen LogP contribution in [0.2, 0.25) is 0 Å². The van der Waals surface area contributed by atoms with Crippen LogP contribution < -0.4 is 5.32 Å². The van der Waals surface area contributed by atoms with Crippen LogP contribution in [0.15, 0.2) is 36.4 Å². The lowest BCUT2D eigenvalue weighted by molar-refractivity contribution is -0.265. The fourth-order valence-corrected chi connectivity index (χ4v) is 7.86. The van der Waals surface area contributed by atoms with Crippen LogP contribution in [0.4, 0.5) is 0 Å². The third-order valence-electron chi connectivity index (χ3n) is 9.48. The molecular formula is C29H39NO5. The molecular weight excluding hydrogens is 442 g/mol. The maximum absolute atomic E-state index is 13.2. The van der Waals surface area contributed by atoms with Crippen LogP contribution in [0.5, 0.6) is 0 Å². The number of benzene rings is 1. The van der Waals surface area contributed by atoms with Gasteiger partial charge in [-0.25, -0.2) is 4.79 Å². The lowest BCUT2D eigenvalue weighted by Crippen LogP contribution is -2.63. The Morgan fingerprint density at radius 1 is 1.14 bits per heavy atom. The second-order valence-electron chi connectivity index (χ2n) is 11.4. The number of esters is 1. The average Bonchev–Trinajstić information content (AvgIpc) is 3.39. The number of nitrogens with one attached hydrogen (secondary N) is 1. The van der Waals surface area contributed by atoms with Gasteiger partial charge in [0.25, 0.3) is 0 Å². The number of aliphatic hydroxyl groups excluding tert-OH is 1. The molecule has 6 nitrogen and oxygen atoms in total. The Morgan fingerprint density at radius 2 is 1.89 bits per heavy atom. The highest BCUT2D eigenvalue weighted by molar-refractivity contribution is 5.87. The summed E-state index contributed by atoms with van der Waals surface area (Å²) in [5, 5.41) is 12.5. The summed E-state index contributed by atoms with van der Waals surface area (Å²) >= 11 is 0. The second kappa shape index (κ2) is 9.70. The van der Waals surface area contributed by atoms with Crippen LogP contribution in [0.25, 0.3) is 6.08 Å². The highest BCUT2D eigenvalue weighted by atomic mass is 16.6. The number of amides is 1. The molecule has 2 saturated heterocycles. The quantitative estimate of drug-likeness (QED) is 0.468. The Kier molecular flexibility index (Phi) is 6.79. The minimum Gasteiger partial charge on any atom is -0.456 e. The molecule has 6 unspecified atom stereocenters. The molecule has 1 amide bonds. The second-order valence-corrected chi connectivity index (χ2v) is 11.4. The van der Waals surface area contributed by atoms with E-state index in [1.54, 1.807) is 6.08 Å². The molecule has 0 aromatic heterocycles. The van der Waals surface area contributed by atoms with Gasteiger partial charge in [-0.1, -0.05) is 56.5 Å². The Morgan fingerprint density at radius 3 is 2.60 bits per heavy atom.